The van der Waals surface area contributed by atoms with Crippen LogP contribution >= 0.6 is 34.8 Å². The van der Waals surface area contributed by atoms with E-state index in [1.807, 2.05) is 71.6 Å². The van der Waals surface area contributed by atoms with Gasteiger partial charge in [0.2, 0.25) is 0 Å². The van der Waals surface area contributed by atoms with Crippen LogP contribution in [0, 0.1) is 3.57 Å². The van der Waals surface area contributed by atoms with Crippen LogP contribution in [0.1, 0.15) is 20.7 Å². The van der Waals surface area contributed by atoms with Crippen molar-refractivity contribution in [3.63, 3.8) is 0 Å². The van der Waals surface area contributed by atoms with E-state index in [4.69, 9.17) is 12.2 Å². The Labute approximate surface area is 212 Å². The number of piperazine rings is 1. The number of nitrogens with zero attached hydrogens (tertiary/aromatic N) is 2. The second kappa shape index (κ2) is 10.8. The van der Waals surface area contributed by atoms with Crippen molar-refractivity contribution < 1.29 is 9.59 Å². The molecule has 1 fully saturated rings. The molecule has 0 unspecified atom stereocenters. The number of amides is 2. The minimum Gasteiger partial charge on any atom is -0.368 e. The van der Waals surface area contributed by atoms with Gasteiger partial charge in [0.1, 0.15) is 0 Å². The van der Waals surface area contributed by atoms with E-state index in [2.05, 4.69) is 38.1 Å². The third kappa shape index (κ3) is 6.08. The van der Waals surface area contributed by atoms with Crippen LogP contribution < -0.4 is 15.5 Å². The van der Waals surface area contributed by atoms with Gasteiger partial charge in [-0.1, -0.05) is 24.3 Å². The van der Waals surface area contributed by atoms with Crippen LogP contribution in [0.3, 0.4) is 0 Å². The van der Waals surface area contributed by atoms with Crippen molar-refractivity contribution in [1.82, 2.24) is 10.2 Å². The highest BCUT2D eigenvalue weighted by atomic mass is 127. The van der Waals surface area contributed by atoms with Gasteiger partial charge in [-0.25, -0.2) is 0 Å². The first-order valence-electron chi connectivity index (χ1n) is 10.6. The van der Waals surface area contributed by atoms with Crippen molar-refractivity contribution in [2.75, 3.05) is 36.4 Å². The number of carbonyl (C=O) groups is 2. The number of hydrogen-bond donors (Lipinski definition) is 2. The summed E-state index contributed by atoms with van der Waals surface area (Å²) in [4.78, 5) is 29.1. The Morgan fingerprint density at radius 3 is 2.15 bits per heavy atom. The third-order valence-electron chi connectivity index (χ3n) is 5.39. The molecule has 1 aliphatic heterocycles. The van der Waals surface area contributed by atoms with Gasteiger partial charge in [-0.2, -0.15) is 0 Å². The number of halogens is 1. The number of anilines is 2. The fraction of sp³-hybridized carbons (Fsp3) is 0.160. The molecule has 6 nitrogen and oxygen atoms in total. The summed E-state index contributed by atoms with van der Waals surface area (Å²) in [6.45, 7) is 2.91. The first-order valence-corrected chi connectivity index (χ1v) is 12.1. The molecule has 33 heavy (non-hydrogen) atoms. The molecule has 8 heteroatoms. The molecule has 2 N–H and O–H groups in total. The molecular formula is C25H23IN4O2S. The Hall–Kier alpha value is -2.98. The molecule has 0 bridgehead atoms. The first kappa shape index (κ1) is 23.2. The summed E-state index contributed by atoms with van der Waals surface area (Å²) in [7, 11) is 0. The molecule has 0 spiro atoms. The summed E-state index contributed by atoms with van der Waals surface area (Å²) in [5.41, 5.74) is 3.17. The quantitative estimate of drug-likeness (QED) is 0.360. The van der Waals surface area contributed by atoms with Gasteiger partial charge in [-0.05, 0) is 89.4 Å². The van der Waals surface area contributed by atoms with Gasteiger partial charge in [-0.3, -0.25) is 14.9 Å². The zero-order valence-corrected chi connectivity index (χ0v) is 20.8. The summed E-state index contributed by atoms with van der Waals surface area (Å²) in [5, 5.41) is 6.01. The number of rotatable bonds is 4. The molecule has 0 aliphatic carbocycles. The lowest BCUT2D eigenvalue weighted by Gasteiger charge is -2.36. The standard InChI is InChI=1S/C25H23IN4O2S/c26-20-8-4-7-19(17-20)23(31)28-25(33)27-21-9-11-22(12-10-21)29-13-15-30(16-14-29)24(32)18-5-2-1-3-6-18/h1-12,17H,13-16H2,(H2,27,28,31,33). The van der Waals surface area contributed by atoms with E-state index in [1.165, 1.54) is 0 Å². The average Bonchev–Trinajstić information content (AvgIpc) is 2.84. The maximum atomic E-state index is 12.6. The predicted molar refractivity (Wildman–Crippen MR) is 144 cm³/mol. The van der Waals surface area contributed by atoms with Gasteiger partial charge in [-0.15, -0.1) is 0 Å². The van der Waals surface area contributed by atoms with Crippen LogP contribution in [0.2, 0.25) is 0 Å². The molecule has 3 aromatic rings. The van der Waals surface area contributed by atoms with Crippen molar-refractivity contribution in [3.05, 3.63) is 93.6 Å². The Morgan fingerprint density at radius 1 is 0.818 bits per heavy atom. The molecule has 0 radical (unpaired) electrons. The van der Waals surface area contributed by atoms with E-state index in [0.717, 1.165) is 33.6 Å². The lowest BCUT2D eigenvalue weighted by Crippen LogP contribution is -2.48. The van der Waals surface area contributed by atoms with Crippen molar-refractivity contribution in [2.45, 2.75) is 0 Å². The normalized spacial score (nSPS) is 13.4. The molecule has 4 rings (SSSR count). The topological polar surface area (TPSA) is 64.7 Å². The smallest absolute Gasteiger partial charge is 0.257 e. The molecule has 0 aromatic heterocycles. The van der Waals surface area contributed by atoms with Crippen LogP contribution in [-0.2, 0) is 0 Å². The molecule has 1 heterocycles. The molecule has 0 atom stereocenters. The Balaban J connectivity index is 1.28. The first-order chi connectivity index (χ1) is 16.0. The van der Waals surface area contributed by atoms with Gasteiger partial charge in [0.25, 0.3) is 11.8 Å². The van der Waals surface area contributed by atoms with Crippen molar-refractivity contribution in [3.8, 4) is 0 Å². The van der Waals surface area contributed by atoms with E-state index in [-0.39, 0.29) is 16.9 Å². The van der Waals surface area contributed by atoms with E-state index >= 15 is 0 Å². The molecular weight excluding hydrogens is 547 g/mol. The summed E-state index contributed by atoms with van der Waals surface area (Å²) in [6, 6.07) is 24.6. The summed E-state index contributed by atoms with van der Waals surface area (Å²) < 4.78 is 0.986. The highest BCUT2D eigenvalue weighted by Gasteiger charge is 2.22. The lowest BCUT2D eigenvalue weighted by atomic mass is 10.1. The zero-order chi connectivity index (χ0) is 23.2. The van der Waals surface area contributed by atoms with E-state index in [9.17, 15) is 9.59 Å². The van der Waals surface area contributed by atoms with Gasteiger partial charge < -0.3 is 15.1 Å². The van der Waals surface area contributed by atoms with E-state index in [1.54, 1.807) is 12.1 Å². The minimum absolute atomic E-state index is 0.0792. The second-order valence-corrected chi connectivity index (χ2v) is 9.26. The maximum Gasteiger partial charge on any atom is 0.257 e. The van der Waals surface area contributed by atoms with Crippen LogP contribution in [0.5, 0.6) is 0 Å². The number of benzene rings is 3. The largest absolute Gasteiger partial charge is 0.368 e. The number of carbonyl (C=O) groups excluding carboxylic acids is 2. The summed E-state index contributed by atoms with van der Waals surface area (Å²) in [6.07, 6.45) is 0. The summed E-state index contributed by atoms with van der Waals surface area (Å²) >= 11 is 7.46. The van der Waals surface area contributed by atoms with E-state index in [0.29, 0.717) is 18.7 Å². The Morgan fingerprint density at radius 2 is 1.48 bits per heavy atom. The molecule has 2 amide bonds. The summed E-state index contributed by atoms with van der Waals surface area (Å²) in [5.74, 6) is -0.166. The highest BCUT2D eigenvalue weighted by Crippen LogP contribution is 2.20. The minimum atomic E-state index is -0.245. The maximum absolute atomic E-state index is 12.6. The molecule has 1 saturated heterocycles. The fourth-order valence-electron chi connectivity index (χ4n) is 3.65. The van der Waals surface area contributed by atoms with Crippen molar-refractivity contribution in [2.24, 2.45) is 0 Å². The lowest BCUT2D eigenvalue weighted by molar-refractivity contribution is 0.0746. The third-order valence-corrected chi connectivity index (χ3v) is 6.27. The van der Waals surface area contributed by atoms with Crippen LogP contribution in [0.25, 0.3) is 0 Å². The Kier molecular flexibility index (Phi) is 7.56. The number of thiocarbonyl (C=S) groups is 1. The SMILES string of the molecule is O=C(NC(=S)Nc1ccc(N2CCN(C(=O)c3ccccc3)CC2)cc1)c1cccc(I)c1. The van der Waals surface area contributed by atoms with Crippen LogP contribution in [0.15, 0.2) is 78.9 Å². The van der Waals surface area contributed by atoms with Gasteiger partial charge in [0.15, 0.2) is 5.11 Å². The fourth-order valence-corrected chi connectivity index (χ4v) is 4.41. The van der Waals surface area contributed by atoms with Crippen LogP contribution in [-0.4, -0.2) is 48.0 Å². The van der Waals surface area contributed by atoms with Gasteiger partial charge in [0.05, 0.1) is 0 Å². The molecule has 0 saturated carbocycles. The average molecular weight is 570 g/mol. The monoisotopic (exact) mass is 570 g/mol. The highest BCUT2D eigenvalue weighted by molar-refractivity contribution is 14.1. The zero-order valence-electron chi connectivity index (χ0n) is 17.8. The number of hydrogen-bond acceptors (Lipinski definition) is 4. The van der Waals surface area contributed by atoms with Crippen molar-refractivity contribution in [1.29, 1.82) is 0 Å². The number of nitrogens with one attached hydrogen (secondary N) is 2. The molecule has 3 aromatic carbocycles. The van der Waals surface area contributed by atoms with Crippen molar-refractivity contribution >= 4 is 63.1 Å². The second-order valence-electron chi connectivity index (χ2n) is 7.61. The van der Waals surface area contributed by atoms with E-state index < -0.39 is 0 Å². The van der Waals surface area contributed by atoms with Crippen LogP contribution in [0.4, 0.5) is 11.4 Å². The van der Waals surface area contributed by atoms with Gasteiger partial charge >= 0.3 is 0 Å². The Bertz CT molecular complexity index is 1150. The molecule has 1 aliphatic rings. The van der Waals surface area contributed by atoms with Gasteiger partial charge in [0, 0.05) is 52.3 Å². The predicted octanol–water partition coefficient (Wildman–Crippen LogP) is 4.38. The molecule has 168 valence electrons.